The minimum atomic E-state index is -0.241. The van der Waals surface area contributed by atoms with Crippen LogP contribution in [0.2, 0.25) is 0 Å². The molecule has 0 aliphatic carbocycles. The zero-order valence-electron chi connectivity index (χ0n) is 9.56. The fourth-order valence-electron chi connectivity index (χ4n) is 1.59. The van der Waals surface area contributed by atoms with Gasteiger partial charge in [-0.1, -0.05) is 12.1 Å². The molecule has 0 saturated heterocycles. The highest BCUT2D eigenvalue weighted by molar-refractivity contribution is 5.93. The molecule has 0 fully saturated rings. The second-order valence-electron chi connectivity index (χ2n) is 3.64. The minimum Gasteiger partial charge on any atom is -0.489 e. The maximum atomic E-state index is 10.8. The number of ether oxygens (including phenoxy) is 1. The molecule has 0 saturated carbocycles. The van der Waals surface area contributed by atoms with Crippen LogP contribution in [0.25, 0.3) is 17.0 Å². The van der Waals surface area contributed by atoms with Gasteiger partial charge in [-0.2, -0.15) is 0 Å². The molecular formula is C13H12O4. The van der Waals surface area contributed by atoms with Crippen molar-refractivity contribution in [1.82, 2.24) is 0 Å². The van der Waals surface area contributed by atoms with Crippen molar-refractivity contribution in [2.45, 2.75) is 6.92 Å². The summed E-state index contributed by atoms with van der Waals surface area (Å²) in [7, 11) is 1.46. The van der Waals surface area contributed by atoms with E-state index in [4.69, 9.17) is 9.15 Å². The number of fused-ring (bicyclic) bond motifs is 1. The molecule has 1 N–H and O–H groups in total. The normalized spacial score (nSPS) is 11.2. The average molecular weight is 232 g/mol. The Kier molecular flexibility index (Phi) is 2.87. The number of rotatable bonds is 3. The predicted octanol–water partition coefficient (Wildman–Crippen LogP) is 2.75. The summed E-state index contributed by atoms with van der Waals surface area (Å²) >= 11 is 0. The summed E-state index contributed by atoms with van der Waals surface area (Å²) in [5, 5.41) is 10.2. The van der Waals surface area contributed by atoms with Crippen LogP contribution in [-0.4, -0.2) is 18.0 Å². The second-order valence-corrected chi connectivity index (χ2v) is 3.64. The van der Waals surface area contributed by atoms with E-state index in [0.29, 0.717) is 16.7 Å². The van der Waals surface area contributed by atoms with Crippen LogP contribution in [0.15, 0.2) is 28.7 Å². The number of hydrogen-bond donors (Lipinski definition) is 1. The van der Waals surface area contributed by atoms with Crippen molar-refractivity contribution in [3.63, 3.8) is 0 Å². The smallest absolute Gasteiger partial charge is 0.327 e. The number of aromatic hydroxyl groups is 1. The van der Waals surface area contributed by atoms with Gasteiger partial charge < -0.3 is 14.3 Å². The maximum absolute atomic E-state index is 10.8. The third kappa shape index (κ3) is 2.15. The molecular weight excluding hydrogens is 220 g/mol. The Morgan fingerprint density at radius 2 is 2.24 bits per heavy atom. The van der Waals surface area contributed by atoms with Gasteiger partial charge in [0.2, 0.25) is 5.75 Å². The molecule has 1 aromatic carbocycles. The SMILES string of the molecule is COc1c(O)oc2ccc(C=CC(C)=O)cc12. The topological polar surface area (TPSA) is 59.7 Å². The molecule has 0 atom stereocenters. The molecule has 2 aromatic rings. The van der Waals surface area contributed by atoms with Crippen molar-refractivity contribution < 1.29 is 19.1 Å². The Hall–Kier alpha value is -2.23. The molecule has 0 amide bonds. The number of methoxy groups -OCH3 is 1. The van der Waals surface area contributed by atoms with E-state index in [1.54, 1.807) is 24.3 Å². The lowest BCUT2D eigenvalue weighted by atomic mass is 10.1. The van der Waals surface area contributed by atoms with Crippen LogP contribution >= 0.6 is 0 Å². The largest absolute Gasteiger partial charge is 0.489 e. The zero-order valence-corrected chi connectivity index (χ0v) is 9.56. The van der Waals surface area contributed by atoms with Crippen molar-refractivity contribution in [3.8, 4) is 11.7 Å². The van der Waals surface area contributed by atoms with E-state index < -0.39 is 0 Å². The van der Waals surface area contributed by atoms with Crippen LogP contribution < -0.4 is 4.74 Å². The lowest BCUT2D eigenvalue weighted by molar-refractivity contribution is -0.112. The number of allylic oxidation sites excluding steroid dienone is 1. The first-order valence-electron chi connectivity index (χ1n) is 5.10. The Balaban J connectivity index is 2.52. The quantitative estimate of drug-likeness (QED) is 0.826. The molecule has 0 bridgehead atoms. The van der Waals surface area contributed by atoms with Gasteiger partial charge in [-0.05, 0) is 30.7 Å². The number of ketones is 1. The lowest BCUT2D eigenvalue weighted by Crippen LogP contribution is -1.82. The summed E-state index contributed by atoms with van der Waals surface area (Å²) < 4.78 is 10.2. The van der Waals surface area contributed by atoms with Gasteiger partial charge in [0, 0.05) is 0 Å². The summed E-state index contributed by atoms with van der Waals surface area (Å²) in [5.41, 5.74) is 1.38. The fourth-order valence-corrected chi connectivity index (χ4v) is 1.59. The van der Waals surface area contributed by atoms with Crippen LogP contribution in [0.5, 0.6) is 11.7 Å². The molecule has 0 spiro atoms. The number of hydrogen-bond acceptors (Lipinski definition) is 4. The molecule has 1 heterocycles. The summed E-state index contributed by atoms with van der Waals surface area (Å²) in [4.78, 5) is 10.8. The number of carbonyl (C=O) groups excluding carboxylic acids is 1. The summed E-state index contributed by atoms with van der Waals surface area (Å²) in [6.45, 7) is 1.49. The molecule has 1 aromatic heterocycles. The van der Waals surface area contributed by atoms with Gasteiger partial charge in [0.15, 0.2) is 5.78 Å². The Morgan fingerprint density at radius 3 is 2.88 bits per heavy atom. The van der Waals surface area contributed by atoms with E-state index in [0.717, 1.165) is 5.56 Å². The third-order valence-electron chi connectivity index (χ3n) is 2.36. The highest BCUT2D eigenvalue weighted by Gasteiger charge is 2.13. The Bertz CT molecular complexity index is 593. The van der Waals surface area contributed by atoms with Crippen LogP contribution in [-0.2, 0) is 4.79 Å². The molecule has 0 aliphatic heterocycles. The molecule has 0 radical (unpaired) electrons. The van der Waals surface area contributed by atoms with E-state index in [1.165, 1.54) is 20.1 Å². The van der Waals surface area contributed by atoms with Gasteiger partial charge >= 0.3 is 5.95 Å². The summed E-state index contributed by atoms with van der Waals surface area (Å²) in [6.07, 6.45) is 3.18. The lowest BCUT2D eigenvalue weighted by Gasteiger charge is -1.96. The van der Waals surface area contributed by atoms with E-state index in [1.807, 2.05) is 0 Å². The number of carbonyl (C=O) groups is 1. The minimum absolute atomic E-state index is 0.0212. The van der Waals surface area contributed by atoms with Gasteiger partial charge in [0.1, 0.15) is 5.58 Å². The van der Waals surface area contributed by atoms with E-state index in [-0.39, 0.29) is 11.7 Å². The average Bonchev–Trinajstić information content (AvgIpc) is 2.61. The molecule has 4 nitrogen and oxygen atoms in total. The predicted molar refractivity (Wildman–Crippen MR) is 64.1 cm³/mol. The van der Waals surface area contributed by atoms with E-state index in [9.17, 15) is 9.90 Å². The van der Waals surface area contributed by atoms with Crippen LogP contribution in [0.4, 0.5) is 0 Å². The molecule has 0 aliphatic rings. The first-order chi connectivity index (χ1) is 8.11. The van der Waals surface area contributed by atoms with E-state index in [2.05, 4.69) is 0 Å². The maximum Gasteiger partial charge on any atom is 0.327 e. The molecule has 4 heteroatoms. The first kappa shape index (κ1) is 11.3. The molecule has 0 unspecified atom stereocenters. The first-order valence-corrected chi connectivity index (χ1v) is 5.10. The fraction of sp³-hybridized carbons (Fsp3) is 0.154. The Labute approximate surface area is 98.1 Å². The van der Waals surface area contributed by atoms with Gasteiger partial charge in [-0.3, -0.25) is 4.79 Å². The summed E-state index contributed by atoms with van der Waals surface area (Å²) in [5.74, 6) is 0.0420. The van der Waals surface area contributed by atoms with Crippen molar-refractivity contribution in [2.24, 2.45) is 0 Å². The number of furan rings is 1. The monoisotopic (exact) mass is 232 g/mol. The van der Waals surface area contributed by atoms with Crippen molar-refractivity contribution in [2.75, 3.05) is 7.11 Å². The summed E-state index contributed by atoms with van der Waals surface area (Å²) in [6, 6.07) is 5.30. The van der Waals surface area contributed by atoms with Gasteiger partial charge in [-0.15, -0.1) is 0 Å². The molecule has 2 rings (SSSR count). The van der Waals surface area contributed by atoms with E-state index >= 15 is 0 Å². The van der Waals surface area contributed by atoms with Crippen molar-refractivity contribution >= 4 is 22.8 Å². The highest BCUT2D eigenvalue weighted by atomic mass is 16.5. The Morgan fingerprint density at radius 1 is 1.47 bits per heavy atom. The van der Waals surface area contributed by atoms with Crippen molar-refractivity contribution in [3.05, 3.63) is 29.8 Å². The third-order valence-corrected chi connectivity index (χ3v) is 2.36. The zero-order chi connectivity index (χ0) is 12.4. The standard InChI is InChI=1S/C13H12O4/c1-8(14)3-4-9-5-6-11-10(7-9)12(16-2)13(15)17-11/h3-7,15H,1-2H3. The van der Waals surface area contributed by atoms with Crippen LogP contribution in [0.1, 0.15) is 12.5 Å². The molecule has 88 valence electrons. The molecule has 17 heavy (non-hydrogen) atoms. The highest BCUT2D eigenvalue weighted by Crippen LogP contribution is 2.38. The second kappa shape index (κ2) is 4.33. The van der Waals surface area contributed by atoms with Gasteiger partial charge in [-0.25, -0.2) is 0 Å². The van der Waals surface area contributed by atoms with Crippen LogP contribution in [0.3, 0.4) is 0 Å². The van der Waals surface area contributed by atoms with Crippen molar-refractivity contribution in [1.29, 1.82) is 0 Å². The number of benzene rings is 1. The van der Waals surface area contributed by atoms with Gasteiger partial charge in [0.05, 0.1) is 12.5 Å². The van der Waals surface area contributed by atoms with Crippen LogP contribution in [0, 0.1) is 0 Å². The van der Waals surface area contributed by atoms with Gasteiger partial charge in [0.25, 0.3) is 0 Å².